The van der Waals surface area contributed by atoms with Gasteiger partial charge < -0.3 is 4.74 Å². The van der Waals surface area contributed by atoms with Gasteiger partial charge in [0, 0.05) is 13.1 Å². The summed E-state index contributed by atoms with van der Waals surface area (Å²) in [5.74, 6) is 0.518. The Hall–Kier alpha value is -1.64. The molecule has 128 valence electrons. The van der Waals surface area contributed by atoms with Crippen molar-refractivity contribution in [1.82, 2.24) is 4.90 Å². The highest BCUT2D eigenvalue weighted by Gasteiger charge is 2.36. The molecule has 1 aliphatic heterocycles. The molecule has 2 nitrogen and oxygen atoms in total. The van der Waals surface area contributed by atoms with Gasteiger partial charge in [-0.05, 0) is 43.2 Å². The van der Waals surface area contributed by atoms with Crippen molar-refractivity contribution in [3.63, 3.8) is 0 Å². The molecule has 2 unspecified atom stereocenters. The van der Waals surface area contributed by atoms with Gasteiger partial charge in [-0.2, -0.15) is 0 Å². The molecule has 2 aromatic rings. The maximum atomic E-state index is 6.43. The van der Waals surface area contributed by atoms with Gasteiger partial charge in [-0.15, -0.1) is 0 Å². The van der Waals surface area contributed by atoms with Crippen LogP contribution >= 0.6 is 0 Å². The lowest BCUT2D eigenvalue weighted by Crippen LogP contribution is -2.52. The van der Waals surface area contributed by atoms with Crippen LogP contribution in [-0.4, -0.2) is 23.7 Å². The third-order valence-electron chi connectivity index (χ3n) is 5.24. The second-order valence-electron chi connectivity index (χ2n) is 7.16. The van der Waals surface area contributed by atoms with E-state index in [1.54, 1.807) is 0 Å². The van der Waals surface area contributed by atoms with E-state index >= 15 is 0 Å². The predicted molar refractivity (Wildman–Crippen MR) is 99.9 cm³/mol. The van der Waals surface area contributed by atoms with Crippen molar-refractivity contribution < 1.29 is 4.74 Å². The first-order valence-electron chi connectivity index (χ1n) is 9.15. The third kappa shape index (κ3) is 4.25. The standard InChI is InChI=1S/C22H29NO/c1-19(21-13-7-4-8-14-21)17-23-16-10-9-15-22(23,2)24-18-20-11-5-3-6-12-20/h3-8,11-14,19H,9-10,15-18H2,1-2H3. The van der Waals surface area contributed by atoms with Crippen LogP contribution in [0.3, 0.4) is 0 Å². The second kappa shape index (κ2) is 7.96. The fraction of sp³-hybridized carbons (Fsp3) is 0.455. The van der Waals surface area contributed by atoms with Gasteiger partial charge in [-0.3, -0.25) is 4.90 Å². The van der Waals surface area contributed by atoms with Crippen LogP contribution in [0.25, 0.3) is 0 Å². The lowest BCUT2D eigenvalue weighted by molar-refractivity contribution is -0.172. The molecule has 1 fully saturated rings. The van der Waals surface area contributed by atoms with Crippen LogP contribution in [0.15, 0.2) is 60.7 Å². The molecule has 2 aromatic carbocycles. The first-order chi connectivity index (χ1) is 11.7. The second-order valence-corrected chi connectivity index (χ2v) is 7.16. The van der Waals surface area contributed by atoms with Gasteiger partial charge in [0.05, 0.1) is 6.61 Å². The van der Waals surface area contributed by atoms with Crippen molar-refractivity contribution in [2.24, 2.45) is 0 Å². The summed E-state index contributed by atoms with van der Waals surface area (Å²) in [5, 5.41) is 0. The van der Waals surface area contributed by atoms with E-state index in [0.717, 1.165) is 19.5 Å². The summed E-state index contributed by atoms with van der Waals surface area (Å²) in [6.07, 6.45) is 3.63. The summed E-state index contributed by atoms with van der Waals surface area (Å²) >= 11 is 0. The van der Waals surface area contributed by atoms with Crippen LogP contribution < -0.4 is 0 Å². The molecular formula is C22H29NO. The Morgan fingerprint density at radius 3 is 2.38 bits per heavy atom. The van der Waals surface area contributed by atoms with Crippen LogP contribution in [-0.2, 0) is 11.3 Å². The molecule has 0 radical (unpaired) electrons. The molecular weight excluding hydrogens is 294 g/mol. The van der Waals surface area contributed by atoms with E-state index in [4.69, 9.17) is 4.74 Å². The summed E-state index contributed by atoms with van der Waals surface area (Å²) in [6.45, 7) is 7.46. The normalized spacial score (nSPS) is 23.1. The molecule has 0 N–H and O–H groups in total. The van der Waals surface area contributed by atoms with Crippen LogP contribution in [0.2, 0.25) is 0 Å². The number of rotatable bonds is 6. The van der Waals surface area contributed by atoms with Gasteiger partial charge >= 0.3 is 0 Å². The SMILES string of the molecule is CC(CN1CCCCC1(C)OCc1ccccc1)c1ccccc1. The third-order valence-corrected chi connectivity index (χ3v) is 5.24. The quantitative estimate of drug-likeness (QED) is 0.723. The Kier molecular flexibility index (Phi) is 5.70. The van der Waals surface area contributed by atoms with Gasteiger partial charge in [-0.1, -0.05) is 67.6 Å². The molecule has 1 heterocycles. The molecule has 0 aliphatic carbocycles. The van der Waals surface area contributed by atoms with E-state index in [1.807, 2.05) is 0 Å². The Labute approximate surface area is 146 Å². The molecule has 2 atom stereocenters. The minimum atomic E-state index is -0.156. The molecule has 1 aliphatic rings. The van der Waals surface area contributed by atoms with Crippen LogP contribution in [0.4, 0.5) is 0 Å². The average Bonchev–Trinajstić information content (AvgIpc) is 2.64. The zero-order chi connectivity index (χ0) is 16.8. The Bertz CT molecular complexity index is 612. The van der Waals surface area contributed by atoms with Crippen LogP contribution in [0.5, 0.6) is 0 Å². The molecule has 24 heavy (non-hydrogen) atoms. The molecule has 0 aromatic heterocycles. The number of benzene rings is 2. The fourth-order valence-corrected chi connectivity index (χ4v) is 3.63. The number of likely N-dealkylation sites (tertiary alicyclic amines) is 1. The van der Waals surface area contributed by atoms with E-state index in [2.05, 4.69) is 79.4 Å². The molecule has 0 bridgehead atoms. The first kappa shape index (κ1) is 17.2. The minimum Gasteiger partial charge on any atom is -0.356 e. The van der Waals surface area contributed by atoms with Crippen molar-refractivity contribution in [3.05, 3.63) is 71.8 Å². The zero-order valence-electron chi connectivity index (χ0n) is 14.9. The first-order valence-corrected chi connectivity index (χ1v) is 9.15. The molecule has 2 heteroatoms. The minimum absolute atomic E-state index is 0.156. The summed E-state index contributed by atoms with van der Waals surface area (Å²) in [4.78, 5) is 2.55. The smallest absolute Gasteiger partial charge is 0.119 e. The van der Waals surface area contributed by atoms with Gasteiger partial charge in [0.2, 0.25) is 0 Å². The summed E-state index contributed by atoms with van der Waals surface area (Å²) in [5.41, 5.74) is 2.51. The van der Waals surface area contributed by atoms with Crippen LogP contribution in [0, 0.1) is 0 Å². The number of hydrogen-bond donors (Lipinski definition) is 0. The predicted octanol–water partition coefficient (Wildman–Crippen LogP) is 5.21. The largest absolute Gasteiger partial charge is 0.356 e. The van der Waals surface area contributed by atoms with E-state index in [9.17, 15) is 0 Å². The van der Waals surface area contributed by atoms with Crippen molar-refractivity contribution in [1.29, 1.82) is 0 Å². The van der Waals surface area contributed by atoms with Gasteiger partial charge in [0.25, 0.3) is 0 Å². The lowest BCUT2D eigenvalue weighted by atomic mass is 9.95. The van der Waals surface area contributed by atoms with E-state index in [1.165, 1.54) is 24.0 Å². The summed E-state index contributed by atoms with van der Waals surface area (Å²) in [6, 6.07) is 21.3. The zero-order valence-corrected chi connectivity index (χ0v) is 14.9. The molecule has 0 saturated carbocycles. The fourth-order valence-electron chi connectivity index (χ4n) is 3.63. The maximum Gasteiger partial charge on any atom is 0.119 e. The summed E-state index contributed by atoms with van der Waals surface area (Å²) < 4.78 is 6.43. The summed E-state index contributed by atoms with van der Waals surface area (Å²) in [7, 11) is 0. The van der Waals surface area contributed by atoms with Crippen molar-refractivity contribution >= 4 is 0 Å². The van der Waals surface area contributed by atoms with E-state index < -0.39 is 0 Å². The van der Waals surface area contributed by atoms with Crippen LogP contribution in [0.1, 0.15) is 50.2 Å². The highest BCUT2D eigenvalue weighted by molar-refractivity contribution is 5.19. The van der Waals surface area contributed by atoms with Gasteiger partial charge in [-0.25, -0.2) is 0 Å². The molecule has 1 saturated heterocycles. The van der Waals surface area contributed by atoms with Crippen molar-refractivity contribution in [3.8, 4) is 0 Å². The number of hydrogen-bond acceptors (Lipinski definition) is 2. The number of piperidine rings is 1. The Morgan fingerprint density at radius 1 is 1.00 bits per heavy atom. The highest BCUT2D eigenvalue weighted by atomic mass is 16.5. The monoisotopic (exact) mass is 323 g/mol. The number of nitrogens with zero attached hydrogens (tertiary/aromatic N) is 1. The van der Waals surface area contributed by atoms with Crippen molar-refractivity contribution in [2.75, 3.05) is 13.1 Å². The van der Waals surface area contributed by atoms with E-state index in [-0.39, 0.29) is 5.72 Å². The Balaban J connectivity index is 1.65. The Morgan fingerprint density at radius 2 is 1.67 bits per heavy atom. The molecule has 0 spiro atoms. The van der Waals surface area contributed by atoms with Gasteiger partial charge in [0.1, 0.15) is 5.72 Å². The average molecular weight is 323 g/mol. The maximum absolute atomic E-state index is 6.43. The topological polar surface area (TPSA) is 12.5 Å². The molecule has 0 amide bonds. The highest BCUT2D eigenvalue weighted by Crippen LogP contribution is 2.32. The molecule has 3 rings (SSSR count). The lowest BCUT2D eigenvalue weighted by Gasteiger charge is -2.45. The number of ether oxygens (including phenoxy) is 1. The van der Waals surface area contributed by atoms with Crippen molar-refractivity contribution in [2.45, 2.75) is 51.4 Å². The van der Waals surface area contributed by atoms with Gasteiger partial charge in [0.15, 0.2) is 0 Å². The van der Waals surface area contributed by atoms with E-state index in [0.29, 0.717) is 12.5 Å².